The molecule has 2 rings (SSSR count). The summed E-state index contributed by atoms with van der Waals surface area (Å²) in [5.74, 6) is -1.58. The van der Waals surface area contributed by atoms with E-state index in [1.807, 2.05) is 0 Å². The minimum Gasteiger partial charge on any atom is -0.508 e. The van der Waals surface area contributed by atoms with E-state index in [4.69, 9.17) is 28.3 Å². The summed E-state index contributed by atoms with van der Waals surface area (Å²) in [5, 5.41) is 19.3. The molecule has 0 saturated carbocycles. The fourth-order valence-electron chi connectivity index (χ4n) is 1.94. The second-order valence-electron chi connectivity index (χ2n) is 4.78. The van der Waals surface area contributed by atoms with Gasteiger partial charge in [0.25, 0.3) is 0 Å². The predicted molar refractivity (Wildman–Crippen MR) is 89.3 cm³/mol. The standard InChI is InChI=1S/C17H12Cl2O4/c18-13-4-1-10(14(19)9-13)2-5-15(20)11-3-6-16(21)12(7-11)8-17(22)23/h1-7,9,21H,8H2,(H,22,23). The van der Waals surface area contributed by atoms with Gasteiger partial charge < -0.3 is 10.2 Å². The number of halogens is 2. The Morgan fingerprint density at radius 3 is 2.48 bits per heavy atom. The smallest absolute Gasteiger partial charge is 0.307 e. The van der Waals surface area contributed by atoms with Crippen molar-refractivity contribution in [1.82, 2.24) is 0 Å². The van der Waals surface area contributed by atoms with Crippen molar-refractivity contribution in [2.45, 2.75) is 6.42 Å². The van der Waals surface area contributed by atoms with E-state index in [1.165, 1.54) is 24.3 Å². The molecule has 23 heavy (non-hydrogen) atoms. The summed E-state index contributed by atoms with van der Waals surface area (Å²) in [7, 11) is 0. The van der Waals surface area contributed by atoms with Gasteiger partial charge in [-0.1, -0.05) is 29.3 Å². The Kier molecular flexibility index (Phi) is 5.42. The van der Waals surface area contributed by atoms with Crippen LogP contribution in [0.15, 0.2) is 42.5 Å². The predicted octanol–water partition coefficient (Wildman–Crippen LogP) is 4.22. The summed E-state index contributed by atoms with van der Waals surface area (Å²) in [6.45, 7) is 0. The van der Waals surface area contributed by atoms with E-state index in [0.717, 1.165) is 0 Å². The number of benzene rings is 2. The lowest BCUT2D eigenvalue weighted by molar-refractivity contribution is -0.136. The number of allylic oxidation sites excluding steroid dienone is 1. The van der Waals surface area contributed by atoms with Crippen molar-refractivity contribution in [3.8, 4) is 5.75 Å². The van der Waals surface area contributed by atoms with Gasteiger partial charge in [-0.2, -0.15) is 0 Å². The molecule has 2 aromatic rings. The third kappa shape index (κ3) is 4.58. The Morgan fingerprint density at radius 1 is 1.09 bits per heavy atom. The van der Waals surface area contributed by atoms with Crippen LogP contribution in [0, 0.1) is 0 Å². The molecule has 2 N–H and O–H groups in total. The minimum atomic E-state index is -1.09. The third-order valence-electron chi connectivity index (χ3n) is 3.08. The molecule has 0 atom stereocenters. The van der Waals surface area contributed by atoms with Crippen molar-refractivity contribution < 1.29 is 19.8 Å². The van der Waals surface area contributed by atoms with Crippen LogP contribution in [-0.2, 0) is 11.2 Å². The lowest BCUT2D eigenvalue weighted by Crippen LogP contribution is -2.02. The maximum atomic E-state index is 12.2. The second-order valence-corrected chi connectivity index (χ2v) is 5.62. The number of carbonyl (C=O) groups is 2. The average Bonchev–Trinajstić information content (AvgIpc) is 2.48. The van der Waals surface area contributed by atoms with Crippen molar-refractivity contribution in [3.05, 3.63) is 69.2 Å². The summed E-state index contributed by atoms with van der Waals surface area (Å²) in [6, 6.07) is 8.99. The fraction of sp³-hybridized carbons (Fsp3) is 0.0588. The average molecular weight is 351 g/mol. The second kappa shape index (κ2) is 7.31. The number of rotatable bonds is 5. The quantitative estimate of drug-likeness (QED) is 0.625. The zero-order valence-electron chi connectivity index (χ0n) is 11.8. The topological polar surface area (TPSA) is 74.6 Å². The molecular weight excluding hydrogens is 339 g/mol. The normalized spacial score (nSPS) is 10.9. The number of carbonyl (C=O) groups excluding carboxylic acids is 1. The van der Waals surface area contributed by atoms with Gasteiger partial charge in [0.05, 0.1) is 6.42 Å². The van der Waals surface area contributed by atoms with Gasteiger partial charge in [0.1, 0.15) is 5.75 Å². The Hall–Kier alpha value is -2.30. The largest absolute Gasteiger partial charge is 0.508 e. The highest BCUT2D eigenvalue weighted by molar-refractivity contribution is 6.35. The fourth-order valence-corrected chi connectivity index (χ4v) is 2.41. The van der Waals surface area contributed by atoms with Gasteiger partial charge in [-0.05, 0) is 48.0 Å². The first-order chi connectivity index (χ1) is 10.9. The van der Waals surface area contributed by atoms with Crippen LogP contribution in [0.3, 0.4) is 0 Å². The Morgan fingerprint density at radius 2 is 1.83 bits per heavy atom. The molecule has 0 radical (unpaired) electrons. The molecule has 0 heterocycles. The van der Waals surface area contributed by atoms with Crippen LogP contribution >= 0.6 is 23.2 Å². The maximum Gasteiger partial charge on any atom is 0.307 e. The van der Waals surface area contributed by atoms with Crippen molar-refractivity contribution in [1.29, 1.82) is 0 Å². The number of phenolic OH excluding ortho intramolecular Hbond substituents is 1. The first-order valence-electron chi connectivity index (χ1n) is 6.58. The van der Waals surface area contributed by atoms with Gasteiger partial charge >= 0.3 is 5.97 Å². The lowest BCUT2D eigenvalue weighted by Gasteiger charge is -2.04. The molecular formula is C17H12Cl2O4. The van der Waals surface area contributed by atoms with E-state index in [-0.39, 0.29) is 29.1 Å². The van der Waals surface area contributed by atoms with Crippen LogP contribution in [0.5, 0.6) is 5.75 Å². The van der Waals surface area contributed by atoms with E-state index in [0.29, 0.717) is 15.6 Å². The van der Waals surface area contributed by atoms with Crippen LogP contribution in [0.4, 0.5) is 0 Å². The molecule has 0 aliphatic rings. The first-order valence-corrected chi connectivity index (χ1v) is 7.33. The van der Waals surface area contributed by atoms with E-state index >= 15 is 0 Å². The zero-order chi connectivity index (χ0) is 17.0. The SMILES string of the molecule is O=C(O)Cc1cc(C(=O)C=Cc2ccc(Cl)cc2Cl)ccc1O. The molecule has 0 aromatic heterocycles. The highest BCUT2D eigenvalue weighted by Gasteiger charge is 2.10. The van der Waals surface area contributed by atoms with Gasteiger partial charge in [0.2, 0.25) is 0 Å². The minimum absolute atomic E-state index is 0.159. The zero-order valence-corrected chi connectivity index (χ0v) is 13.3. The number of ketones is 1. The van der Waals surface area contributed by atoms with Crippen molar-refractivity contribution >= 4 is 41.0 Å². The van der Waals surface area contributed by atoms with Gasteiger partial charge in [-0.3, -0.25) is 9.59 Å². The van der Waals surface area contributed by atoms with E-state index in [9.17, 15) is 14.7 Å². The number of aromatic hydroxyl groups is 1. The van der Waals surface area contributed by atoms with Crippen molar-refractivity contribution in [2.75, 3.05) is 0 Å². The summed E-state index contributed by atoms with van der Waals surface area (Å²) in [4.78, 5) is 22.9. The van der Waals surface area contributed by atoms with Gasteiger partial charge in [-0.15, -0.1) is 0 Å². The molecule has 0 saturated heterocycles. The molecule has 0 aliphatic carbocycles. The van der Waals surface area contributed by atoms with E-state index < -0.39 is 5.97 Å². The molecule has 2 aromatic carbocycles. The van der Waals surface area contributed by atoms with Crippen LogP contribution < -0.4 is 0 Å². The maximum absolute atomic E-state index is 12.2. The number of hydrogen-bond donors (Lipinski definition) is 2. The number of phenols is 1. The van der Waals surface area contributed by atoms with Crippen molar-refractivity contribution in [2.24, 2.45) is 0 Å². The van der Waals surface area contributed by atoms with Gasteiger partial charge in [-0.25, -0.2) is 0 Å². The highest BCUT2D eigenvalue weighted by Crippen LogP contribution is 2.23. The summed E-state index contributed by atoms with van der Waals surface area (Å²) in [6.07, 6.45) is 2.51. The molecule has 118 valence electrons. The summed E-state index contributed by atoms with van der Waals surface area (Å²) in [5.41, 5.74) is 1.09. The molecule has 6 heteroatoms. The molecule has 0 bridgehead atoms. The Balaban J connectivity index is 2.23. The van der Waals surface area contributed by atoms with Crippen LogP contribution in [0.2, 0.25) is 10.0 Å². The molecule has 0 amide bonds. The molecule has 0 aliphatic heterocycles. The number of carboxylic acid groups (broad SMARTS) is 1. The monoisotopic (exact) mass is 350 g/mol. The van der Waals surface area contributed by atoms with Crippen LogP contribution in [-0.4, -0.2) is 22.0 Å². The van der Waals surface area contributed by atoms with E-state index in [2.05, 4.69) is 0 Å². The van der Waals surface area contributed by atoms with Gasteiger partial charge in [0.15, 0.2) is 5.78 Å². The molecule has 0 unspecified atom stereocenters. The highest BCUT2D eigenvalue weighted by atomic mass is 35.5. The lowest BCUT2D eigenvalue weighted by atomic mass is 10.0. The number of hydrogen-bond acceptors (Lipinski definition) is 3. The summed E-state index contributed by atoms with van der Waals surface area (Å²) < 4.78 is 0. The molecule has 0 fully saturated rings. The Labute approximate surface area is 142 Å². The first kappa shape index (κ1) is 17.1. The third-order valence-corrected chi connectivity index (χ3v) is 3.64. The molecule has 0 spiro atoms. The van der Waals surface area contributed by atoms with Crippen molar-refractivity contribution in [3.63, 3.8) is 0 Å². The van der Waals surface area contributed by atoms with Crippen LogP contribution in [0.1, 0.15) is 21.5 Å². The Bertz CT molecular complexity index is 797. The molecule has 4 nitrogen and oxygen atoms in total. The number of carboxylic acids is 1. The number of aliphatic carboxylic acids is 1. The summed E-state index contributed by atoms with van der Waals surface area (Å²) >= 11 is 11.8. The van der Waals surface area contributed by atoms with Gasteiger partial charge in [0, 0.05) is 21.2 Å². The van der Waals surface area contributed by atoms with E-state index in [1.54, 1.807) is 24.3 Å². The van der Waals surface area contributed by atoms with Crippen LogP contribution in [0.25, 0.3) is 6.08 Å².